The quantitative estimate of drug-likeness (QED) is 0.278. The molecule has 3 aromatic carbocycles. The van der Waals surface area contributed by atoms with Gasteiger partial charge in [-0.25, -0.2) is 4.68 Å². The standard InChI is InChI=1S/C26H18Cl3N5O/c27-19-8-1-16(2-9-19)3-14-24(35)31-25-32-26-30-22(17-4-10-20(28)11-5-17)15-23(34(26)33-25)18-6-12-21(29)13-7-18/h1-15,23H,(H2,30,31,32,33,35)/b14-3+/t23-/m0/s1. The normalized spacial score (nSPS) is 14.8. The van der Waals surface area contributed by atoms with Gasteiger partial charge in [0.25, 0.3) is 11.9 Å². The van der Waals surface area contributed by atoms with E-state index in [2.05, 4.69) is 20.7 Å². The summed E-state index contributed by atoms with van der Waals surface area (Å²) >= 11 is 18.1. The van der Waals surface area contributed by atoms with Crippen molar-refractivity contribution in [2.75, 3.05) is 10.6 Å². The minimum Gasteiger partial charge on any atom is -0.324 e. The average Bonchev–Trinajstić information content (AvgIpc) is 3.26. The lowest BCUT2D eigenvalue weighted by molar-refractivity contribution is -0.111. The van der Waals surface area contributed by atoms with Crippen molar-refractivity contribution in [1.82, 2.24) is 14.8 Å². The zero-order valence-electron chi connectivity index (χ0n) is 18.1. The van der Waals surface area contributed by atoms with E-state index in [1.165, 1.54) is 6.08 Å². The van der Waals surface area contributed by atoms with Gasteiger partial charge in [0.1, 0.15) is 6.04 Å². The van der Waals surface area contributed by atoms with Crippen molar-refractivity contribution in [3.8, 4) is 0 Å². The maximum Gasteiger partial charge on any atom is 0.250 e. The average molecular weight is 523 g/mol. The highest BCUT2D eigenvalue weighted by Crippen LogP contribution is 2.34. The van der Waals surface area contributed by atoms with Crippen LogP contribution >= 0.6 is 34.8 Å². The molecule has 0 saturated carbocycles. The van der Waals surface area contributed by atoms with Gasteiger partial charge in [-0.1, -0.05) is 71.2 Å². The molecule has 4 aromatic rings. The molecule has 2 N–H and O–H groups in total. The summed E-state index contributed by atoms with van der Waals surface area (Å²) in [6.07, 6.45) is 5.15. The van der Waals surface area contributed by atoms with Crippen LogP contribution in [0.4, 0.5) is 11.9 Å². The number of aromatic nitrogens is 3. The Balaban J connectivity index is 1.42. The van der Waals surface area contributed by atoms with Crippen LogP contribution in [0.1, 0.15) is 22.7 Å². The van der Waals surface area contributed by atoms with Gasteiger partial charge in [0, 0.05) is 26.8 Å². The Bertz CT molecular complexity index is 1430. The topological polar surface area (TPSA) is 71.8 Å². The fourth-order valence-electron chi connectivity index (χ4n) is 3.64. The van der Waals surface area contributed by atoms with E-state index in [4.69, 9.17) is 34.8 Å². The number of allylic oxidation sites excluding steroid dienone is 1. The van der Waals surface area contributed by atoms with Gasteiger partial charge in [0.05, 0.1) is 0 Å². The van der Waals surface area contributed by atoms with Gasteiger partial charge in [0.15, 0.2) is 0 Å². The molecule has 1 amide bonds. The third-order valence-corrected chi connectivity index (χ3v) is 6.12. The van der Waals surface area contributed by atoms with E-state index < -0.39 is 0 Å². The van der Waals surface area contributed by atoms with Crippen LogP contribution < -0.4 is 10.6 Å². The number of anilines is 2. The van der Waals surface area contributed by atoms with Crippen molar-refractivity contribution in [3.05, 3.63) is 117 Å². The number of hydrogen-bond acceptors (Lipinski definition) is 4. The summed E-state index contributed by atoms with van der Waals surface area (Å²) < 4.78 is 1.72. The van der Waals surface area contributed by atoms with E-state index in [1.54, 1.807) is 22.9 Å². The van der Waals surface area contributed by atoms with Gasteiger partial charge in [-0.15, -0.1) is 5.10 Å². The number of nitrogens with one attached hydrogen (secondary N) is 2. The molecule has 0 bridgehead atoms. The van der Waals surface area contributed by atoms with Crippen molar-refractivity contribution in [2.24, 2.45) is 0 Å². The Morgan fingerprint density at radius 1 is 0.886 bits per heavy atom. The van der Waals surface area contributed by atoms with Crippen LogP contribution in [0.3, 0.4) is 0 Å². The van der Waals surface area contributed by atoms with Gasteiger partial charge in [-0.3, -0.25) is 10.1 Å². The minimum atomic E-state index is -0.350. The number of carbonyl (C=O) groups is 1. The van der Waals surface area contributed by atoms with E-state index in [0.717, 1.165) is 22.4 Å². The summed E-state index contributed by atoms with van der Waals surface area (Å²) in [5, 5.41) is 12.5. The van der Waals surface area contributed by atoms with Gasteiger partial charge in [-0.05, 0) is 65.2 Å². The number of nitrogens with zero attached hydrogens (tertiary/aromatic N) is 3. The van der Waals surface area contributed by atoms with Crippen LogP contribution in [0.5, 0.6) is 0 Å². The molecule has 6 nitrogen and oxygen atoms in total. The number of benzene rings is 3. The Morgan fingerprint density at radius 3 is 2.14 bits per heavy atom. The molecule has 9 heteroatoms. The first-order valence-corrected chi connectivity index (χ1v) is 11.8. The highest BCUT2D eigenvalue weighted by atomic mass is 35.5. The molecule has 35 heavy (non-hydrogen) atoms. The van der Waals surface area contributed by atoms with Gasteiger partial charge in [0.2, 0.25) is 5.95 Å². The molecular weight excluding hydrogens is 505 g/mol. The lowest BCUT2D eigenvalue weighted by Gasteiger charge is -2.24. The molecule has 0 radical (unpaired) electrons. The third-order valence-electron chi connectivity index (χ3n) is 5.36. The summed E-state index contributed by atoms with van der Waals surface area (Å²) in [6.45, 7) is 0. The van der Waals surface area contributed by atoms with Crippen molar-refractivity contribution >= 4 is 64.4 Å². The van der Waals surface area contributed by atoms with Crippen LogP contribution in [0, 0.1) is 0 Å². The van der Waals surface area contributed by atoms with Crippen molar-refractivity contribution in [1.29, 1.82) is 0 Å². The second-order valence-electron chi connectivity index (χ2n) is 7.79. The molecule has 5 rings (SSSR count). The van der Waals surface area contributed by atoms with E-state index >= 15 is 0 Å². The highest BCUT2D eigenvalue weighted by Gasteiger charge is 2.25. The Labute approximate surface area is 216 Å². The SMILES string of the molecule is O=C(/C=C/c1ccc(Cl)cc1)Nc1nc2n(n1)[C@H](c1ccc(Cl)cc1)C=C(c1ccc(Cl)cc1)N2. The van der Waals surface area contributed by atoms with Crippen LogP contribution in [0.2, 0.25) is 15.1 Å². The summed E-state index contributed by atoms with van der Waals surface area (Å²) in [4.78, 5) is 17.0. The number of hydrogen-bond donors (Lipinski definition) is 2. The molecule has 0 saturated heterocycles. The zero-order valence-corrected chi connectivity index (χ0v) is 20.4. The third kappa shape index (κ3) is 5.41. The van der Waals surface area contributed by atoms with E-state index in [9.17, 15) is 4.79 Å². The highest BCUT2D eigenvalue weighted by molar-refractivity contribution is 6.31. The molecule has 2 heterocycles. The van der Waals surface area contributed by atoms with Crippen molar-refractivity contribution < 1.29 is 4.79 Å². The van der Waals surface area contributed by atoms with Crippen LogP contribution in [0.15, 0.2) is 84.9 Å². The largest absolute Gasteiger partial charge is 0.324 e. The molecule has 1 atom stereocenters. The molecule has 1 aliphatic rings. The Kier molecular flexibility index (Phi) is 6.59. The second kappa shape index (κ2) is 9.96. The molecular formula is C26H18Cl3N5O. The van der Waals surface area contributed by atoms with E-state index in [1.807, 2.05) is 66.7 Å². The predicted octanol–water partition coefficient (Wildman–Crippen LogP) is 6.95. The molecule has 0 unspecified atom stereocenters. The fourth-order valence-corrected chi connectivity index (χ4v) is 4.02. The number of amides is 1. The van der Waals surface area contributed by atoms with Gasteiger partial charge >= 0.3 is 0 Å². The first-order valence-electron chi connectivity index (χ1n) is 10.7. The molecule has 0 fully saturated rings. The predicted molar refractivity (Wildman–Crippen MR) is 142 cm³/mol. The Hall–Kier alpha value is -3.58. The van der Waals surface area contributed by atoms with Crippen LogP contribution in [-0.4, -0.2) is 20.7 Å². The summed E-state index contributed by atoms with van der Waals surface area (Å²) in [5.74, 6) is 0.328. The molecule has 0 spiro atoms. The van der Waals surface area contributed by atoms with Crippen LogP contribution in [0.25, 0.3) is 11.8 Å². The van der Waals surface area contributed by atoms with Gasteiger partial charge in [-0.2, -0.15) is 4.98 Å². The second-order valence-corrected chi connectivity index (χ2v) is 9.10. The molecule has 1 aromatic heterocycles. The first kappa shape index (κ1) is 23.2. The maximum absolute atomic E-state index is 12.5. The maximum atomic E-state index is 12.5. The lowest BCUT2D eigenvalue weighted by atomic mass is 10.0. The van der Waals surface area contributed by atoms with Crippen LogP contribution in [-0.2, 0) is 4.79 Å². The molecule has 174 valence electrons. The fraction of sp³-hybridized carbons (Fsp3) is 0.0385. The van der Waals surface area contributed by atoms with E-state index in [-0.39, 0.29) is 17.9 Å². The Morgan fingerprint density at radius 2 is 1.49 bits per heavy atom. The number of rotatable bonds is 5. The zero-order chi connectivity index (χ0) is 24.4. The molecule has 1 aliphatic heterocycles. The monoisotopic (exact) mass is 521 g/mol. The smallest absolute Gasteiger partial charge is 0.250 e. The number of carbonyl (C=O) groups excluding carboxylic acids is 1. The summed E-state index contributed by atoms with van der Waals surface area (Å²) in [6, 6.07) is 21.9. The lowest BCUT2D eigenvalue weighted by Crippen LogP contribution is -2.20. The van der Waals surface area contributed by atoms with Gasteiger partial charge < -0.3 is 5.32 Å². The first-order chi connectivity index (χ1) is 16.9. The summed E-state index contributed by atoms with van der Waals surface area (Å²) in [5.41, 5.74) is 3.61. The summed E-state index contributed by atoms with van der Waals surface area (Å²) in [7, 11) is 0. The van der Waals surface area contributed by atoms with Crippen molar-refractivity contribution in [2.45, 2.75) is 6.04 Å². The minimum absolute atomic E-state index is 0.183. The molecule has 0 aliphatic carbocycles. The van der Waals surface area contributed by atoms with E-state index in [0.29, 0.717) is 21.0 Å². The van der Waals surface area contributed by atoms with Crippen molar-refractivity contribution in [3.63, 3.8) is 0 Å². The number of fused-ring (bicyclic) bond motifs is 1. The number of halogens is 3.